The molecule has 0 radical (unpaired) electrons. The van der Waals surface area contributed by atoms with E-state index in [0.29, 0.717) is 13.0 Å². The molecule has 1 aromatic carbocycles. The number of likely N-dealkylation sites (N-methyl/N-ethyl adjacent to an activating group) is 1. The van der Waals surface area contributed by atoms with Crippen molar-refractivity contribution in [2.24, 2.45) is 0 Å². The molecule has 1 aromatic heterocycles. The van der Waals surface area contributed by atoms with Gasteiger partial charge in [0, 0.05) is 23.5 Å². The molecule has 1 N–H and O–H groups in total. The number of carbonyl (C=O) groups excluding carboxylic acids is 2. The van der Waals surface area contributed by atoms with Crippen molar-refractivity contribution in [2.75, 3.05) is 24.6 Å². The Morgan fingerprint density at radius 1 is 1.24 bits per heavy atom. The van der Waals surface area contributed by atoms with E-state index >= 15 is 0 Å². The molecule has 4 rings (SSSR count). The van der Waals surface area contributed by atoms with Gasteiger partial charge < -0.3 is 14.6 Å². The van der Waals surface area contributed by atoms with Crippen LogP contribution in [-0.2, 0) is 38.7 Å². The smallest absolute Gasteiger partial charge is 0.239 e. The van der Waals surface area contributed by atoms with Gasteiger partial charge in [-0.05, 0) is 55.9 Å². The Balaban J connectivity index is 1.40. The van der Waals surface area contributed by atoms with Crippen molar-refractivity contribution in [3.8, 4) is 0 Å². The first-order valence-electron chi connectivity index (χ1n) is 10.1. The van der Waals surface area contributed by atoms with Crippen molar-refractivity contribution in [2.45, 2.75) is 45.1 Å². The van der Waals surface area contributed by atoms with Crippen molar-refractivity contribution in [3.05, 3.63) is 35.1 Å². The minimum absolute atomic E-state index is 0.0237. The van der Waals surface area contributed by atoms with Gasteiger partial charge in [-0.3, -0.25) is 9.59 Å². The Kier molecular flexibility index (Phi) is 5.38. The fourth-order valence-electron chi connectivity index (χ4n) is 4.29. The number of nitrogens with zero attached hydrogens (tertiary/aromatic N) is 1. The predicted octanol–water partition coefficient (Wildman–Crippen LogP) is 1.62. The number of rotatable bonds is 6. The second-order valence-corrected chi connectivity index (χ2v) is 10.2. The number of nitrogens with one attached hydrogen (secondary N) is 1. The van der Waals surface area contributed by atoms with Crippen LogP contribution in [0.3, 0.4) is 0 Å². The molecule has 1 aliphatic carbocycles. The van der Waals surface area contributed by atoms with Crippen LogP contribution in [0.2, 0.25) is 0 Å². The van der Waals surface area contributed by atoms with Gasteiger partial charge in [0.15, 0.2) is 9.84 Å². The van der Waals surface area contributed by atoms with E-state index in [0.717, 1.165) is 35.8 Å². The molecular weight excluding hydrogens is 392 g/mol. The van der Waals surface area contributed by atoms with Crippen molar-refractivity contribution < 1.29 is 22.4 Å². The lowest BCUT2D eigenvalue weighted by Gasteiger charge is -2.21. The van der Waals surface area contributed by atoms with Crippen LogP contribution in [0.1, 0.15) is 36.5 Å². The molecule has 2 aliphatic rings. The molecule has 8 heteroatoms. The molecular formula is C21H26N2O5S. The summed E-state index contributed by atoms with van der Waals surface area (Å²) in [6.45, 7) is 2.16. The third-order valence-electron chi connectivity index (χ3n) is 5.88. The lowest BCUT2D eigenvalue weighted by atomic mass is 10.0. The largest absolute Gasteiger partial charge is 0.464 e. The van der Waals surface area contributed by atoms with Gasteiger partial charge in [0.1, 0.15) is 5.58 Å². The van der Waals surface area contributed by atoms with Crippen LogP contribution in [0, 0.1) is 0 Å². The molecule has 0 unspecified atom stereocenters. The van der Waals surface area contributed by atoms with Crippen LogP contribution >= 0.6 is 0 Å². The molecule has 0 bridgehead atoms. The standard InChI is InChI=1S/C21H26N2O5S/c1-2-23(11-20(24)22-17-6-7-29(26,27)13-17)21(25)10-16-12-28-19-9-15-5-3-4-14(15)8-18(16)19/h8-9,12,17H,2-7,10-11,13H2,1H3,(H,22,24)/t17-/m0/s1. The molecule has 0 spiro atoms. The summed E-state index contributed by atoms with van der Waals surface area (Å²) in [5, 5.41) is 3.71. The van der Waals surface area contributed by atoms with Crippen LogP contribution in [0.4, 0.5) is 0 Å². The summed E-state index contributed by atoms with van der Waals surface area (Å²) < 4.78 is 28.8. The van der Waals surface area contributed by atoms with E-state index in [9.17, 15) is 18.0 Å². The molecule has 1 aliphatic heterocycles. The Labute approximate surface area is 170 Å². The van der Waals surface area contributed by atoms with Gasteiger partial charge in [-0.25, -0.2) is 8.42 Å². The first-order valence-corrected chi connectivity index (χ1v) is 12.0. The summed E-state index contributed by atoms with van der Waals surface area (Å²) >= 11 is 0. The van der Waals surface area contributed by atoms with Gasteiger partial charge in [-0.15, -0.1) is 0 Å². The average molecular weight is 419 g/mol. The highest BCUT2D eigenvalue weighted by Gasteiger charge is 2.29. The third kappa shape index (κ3) is 4.32. The number of aryl methyl sites for hydroxylation is 2. The van der Waals surface area contributed by atoms with Crippen LogP contribution < -0.4 is 5.32 Å². The Morgan fingerprint density at radius 2 is 2.00 bits per heavy atom. The zero-order valence-electron chi connectivity index (χ0n) is 16.6. The van der Waals surface area contributed by atoms with E-state index in [2.05, 4.69) is 17.4 Å². The van der Waals surface area contributed by atoms with Gasteiger partial charge in [0.05, 0.1) is 30.7 Å². The van der Waals surface area contributed by atoms with E-state index < -0.39 is 9.84 Å². The highest BCUT2D eigenvalue weighted by molar-refractivity contribution is 7.91. The molecule has 2 aromatic rings. The number of sulfone groups is 1. The maximum Gasteiger partial charge on any atom is 0.239 e. The normalized spacial score (nSPS) is 20.0. The van der Waals surface area contributed by atoms with Crippen LogP contribution in [0.5, 0.6) is 0 Å². The van der Waals surface area contributed by atoms with E-state index in [1.807, 2.05) is 6.92 Å². The van der Waals surface area contributed by atoms with Gasteiger partial charge in [0.25, 0.3) is 0 Å². The summed E-state index contributed by atoms with van der Waals surface area (Å²) in [5.74, 6) is -0.391. The van der Waals surface area contributed by atoms with E-state index in [1.165, 1.54) is 16.0 Å². The van der Waals surface area contributed by atoms with Crippen molar-refractivity contribution in [3.63, 3.8) is 0 Å². The Morgan fingerprint density at radius 3 is 2.69 bits per heavy atom. The number of fused-ring (bicyclic) bond motifs is 2. The van der Waals surface area contributed by atoms with Gasteiger partial charge in [-0.1, -0.05) is 0 Å². The predicted molar refractivity (Wildman–Crippen MR) is 109 cm³/mol. The number of amides is 2. The summed E-state index contributed by atoms with van der Waals surface area (Å²) in [7, 11) is -3.06. The molecule has 2 amide bonds. The van der Waals surface area contributed by atoms with Crippen molar-refractivity contribution in [1.29, 1.82) is 0 Å². The van der Waals surface area contributed by atoms with E-state index in [-0.39, 0.29) is 42.3 Å². The zero-order valence-corrected chi connectivity index (χ0v) is 17.4. The molecule has 1 saturated heterocycles. The van der Waals surface area contributed by atoms with E-state index in [1.54, 1.807) is 6.26 Å². The Hall–Kier alpha value is -2.35. The van der Waals surface area contributed by atoms with Crippen LogP contribution in [0.15, 0.2) is 22.8 Å². The molecule has 2 heterocycles. The number of carbonyl (C=O) groups is 2. The Bertz CT molecular complexity index is 1060. The molecule has 1 fully saturated rings. The van der Waals surface area contributed by atoms with Gasteiger partial charge in [0.2, 0.25) is 11.8 Å². The number of hydrogen-bond acceptors (Lipinski definition) is 5. The zero-order chi connectivity index (χ0) is 20.6. The molecule has 29 heavy (non-hydrogen) atoms. The van der Waals surface area contributed by atoms with Crippen LogP contribution in [0.25, 0.3) is 11.0 Å². The van der Waals surface area contributed by atoms with Crippen LogP contribution in [-0.4, -0.2) is 55.8 Å². The van der Waals surface area contributed by atoms with Crippen molar-refractivity contribution in [1.82, 2.24) is 10.2 Å². The second kappa shape index (κ2) is 7.82. The van der Waals surface area contributed by atoms with E-state index in [4.69, 9.17) is 4.42 Å². The highest BCUT2D eigenvalue weighted by atomic mass is 32.2. The SMILES string of the molecule is CCN(CC(=O)N[C@H]1CCS(=O)(=O)C1)C(=O)Cc1coc2cc3c(cc12)CCC3. The molecule has 156 valence electrons. The fourth-order valence-corrected chi connectivity index (χ4v) is 5.96. The van der Waals surface area contributed by atoms with Gasteiger partial charge in [-0.2, -0.15) is 0 Å². The third-order valence-corrected chi connectivity index (χ3v) is 7.64. The average Bonchev–Trinajstić information content (AvgIpc) is 3.36. The monoisotopic (exact) mass is 418 g/mol. The van der Waals surface area contributed by atoms with Crippen molar-refractivity contribution >= 4 is 32.6 Å². The number of furan rings is 1. The highest BCUT2D eigenvalue weighted by Crippen LogP contribution is 2.30. The number of hydrogen-bond donors (Lipinski definition) is 1. The summed E-state index contributed by atoms with van der Waals surface area (Å²) in [6, 6.07) is 3.85. The number of benzene rings is 1. The minimum atomic E-state index is -3.06. The maximum atomic E-state index is 12.8. The van der Waals surface area contributed by atoms with Gasteiger partial charge >= 0.3 is 0 Å². The lowest BCUT2D eigenvalue weighted by Crippen LogP contribution is -2.45. The minimum Gasteiger partial charge on any atom is -0.464 e. The topological polar surface area (TPSA) is 96.7 Å². The maximum absolute atomic E-state index is 12.8. The molecule has 7 nitrogen and oxygen atoms in total. The first-order chi connectivity index (χ1) is 13.8. The fraction of sp³-hybridized carbons (Fsp3) is 0.524. The summed E-state index contributed by atoms with van der Waals surface area (Å²) in [4.78, 5) is 26.6. The summed E-state index contributed by atoms with van der Waals surface area (Å²) in [5.41, 5.74) is 4.29. The molecule has 0 saturated carbocycles. The first kappa shape index (κ1) is 19.9. The lowest BCUT2D eigenvalue weighted by molar-refractivity contribution is -0.135. The quantitative estimate of drug-likeness (QED) is 0.769. The summed E-state index contributed by atoms with van der Waals surface area (Å²) in [6.07, 6.45) is 5.51. The molecule has 1 atom stereocenters. The second-order valence-electron chi connectivity index (χ2n) is 7.98.